The molecule has 0 aliphatic heterocycles. The van der Waals surface area contributed by atoms with E-state index in [2.05, 4.69) is 0 Å². The van der Waals surface area contributed by atoms with Crippen molar-refractivity contribution in [3.05, 3.63) is 64.6 Å². The highest BCUT2D eigenvalue weighted by Crippen LogP contribution is 2.36. The van der Waals surface area contributed by atoms with E-state index in [1.54, 1.807) is 30.3 Å². The number of pyridine rings is 1. The van der Waals surface area contributed by atoms with Crippen molar-refractivity contribution in [3.8, 4) is 11.4 Å². The molecule has 1 heterocycles. The number of fused-ring (bicyclic) bond motifs is 1. The molecule has 4 nitrogen and oxygen atoms in total. The topological polar surface area (TPSA) is 57.2 Å². The molecule has 2 aromatic carbocycles. The lowest BCUT2D eigenvalue weighted by Crippen LogP contribution is -2.28. The van der Waals surface area contributed by atoms with Crippen LogP contribution in [0.3, 0.4) is 0 Å². The van der Waals surface area contributed by atoms with Gasteiger partial charge in [-0.3, -0.25) is 9.36 Å². The summed E-state index contributed by atoms with van der Waals surface area (Å²) in [5.41, 5.74) is 3.24. The number of ether oxygens (including phenoxy) is 1. The van der Waals surface area contributed by atoms with Gasteiger partial charge in [0, 0.05) is 5.39 Å². The Morgan fingerprint density at radius 3 is 2.42 bits per heavy atom. The number of benzene rings is 2. The molecule has 3 aromatic rings. The molecule has 0 saturated carbocycles. The van der Waals surface area contributed by atoms with Crippen molar-refractivity contribution in [2.24, 2.45) is 0 Å². The van der Waals surface area contributed by atoms with Crippen molar-refractivity contribution < 1.29 is 17.9 Å². The Bertz CT molecular complexity index is 978. The highest BCUT2D eigenvalue weighted by atomic mass is 19.4. The summed E-state index contributed by atoms with van der Waals surface area (Å²) in [6.07, 6.45) is -4.73. The van der Waals surface area contributed by atoms with Gasteiger partial charge in [0.2, 0.25) is 0 Å². The third-order valence-electron chi connectivity index (χ3n) is 3.71. The van der Waals surface area contributed by atoms with Crippen LogP contribution in [0.2, 0.25) is 0 Å². The minimum atomic E-state index is -4.73. The maximum atomic E-state index is 13.4. The minimum Gasteiger partial charge on any atom is -0.495 e. The number of anilines is 1. The Morgan fingerprint density at radius 2 is 1.75 bits per heavy atom. The van der Waals surface area contributed by atoms with Crippen LogP contribution in [0.4, 0.5) is 18.9 Å². The zero-order valence-corrected chi connectivity index (χ0v) is 12.6. The Balaban J connectivity index is 2.53. The van der Waals surface area contributed by atoms with Crippen LogP contribution in [0.5, 0.6) is 5.75 Å². The summed E-state index contributed by atoms with van der Waals surface area (Å²) in [5, 5.41) is 1.13. The molecule has 0 saturated heterocycles. The number of hydrogen-bond donors (Lipinski definition) is 1. The molecular weight excluding hydrogens is 321 g/mol. The van der Waals surface area contributed by atoms with Gasteiger partial charge in [-0.2, -0.15) is 13.2 Å². The highest BCUT2D eigenvalue weighted by molar-refractivity contribution is 5.93. The Morgan fingerprint density at radius 1 is 1.04 bits per heavy atom. The Labute approximate surface area is 134 Å². The summed E-state index contributed by atoms with van der Waals surface area (Å²) in [6.45, 7) is 0. The number of hydrogen-bond acceptors (Lipinski definition) is 3. The summed E-state index contributed by atoms with van der Waals surface area (Å²) in [6, 6.07) is 11.8. The molecule has 0 radical (unpaired) electrons. The van der Waals surface area contributed by atoms with Gasteiger partial charge in [0.1, 0.15) is 11.4 Å². The van der Waals surface area contributed by atoms with Gasteiger partial charge in [-0.1, -0.05) is 30.3 Å². The highest BCUT2D eigenvalue weighted by Gasteiger charge is 2.36. The molecule has 124 valence electrons. The zero-order valence-electron chi connectivity index (χ0n) is 12.6. The summed E-state index contributed by atoms with van der Waals surface area (Å²) in [5.74, 6) is 0.145. The fourth-order valence-corrected chi connectivity index (χ4v) is 2.63. The van der Waals surface area contributed by atoms with Gasteiger partial charge in [-0.15, -0.1) is 0 Å². The number of alkyl halides is 3. The molecule has 0 unspecified atom stereocenters. The molecule has 0 atom stereocenters. The molecule has 0 spiro atoms. The van der Waals surface area contributed by atoms with Crippen LogP contribution >= 0.6 is 0 Å². The van der Waals surface area contributed by atoms with Crippen molar-refractivity contribution in [3.63, 3.8) is 0 Å². The first-order valence-electron chi connectivity index (χ1n) is 6.99. The van der Waals surface area contributed by atoms with Crippen LogP contribution in [0, 0.1) is 0 Å². The second-order valence-electron chi connectivity index (χ2n) is 5.15. The van der Waals surface area contributed by atoms with E-state index in [0.29, 0.717) is 15.3 Å². The fourth-order valence-electron chi connectivity index (χ4n) is 2.63. The lowest BCUT2D eigenvalue weighted by atomic mass is 10.1. The molecule has 0 bridgehead atoms. The number of nitrogens with zero attached hydrogens (tertiary/aromatic N) is 1. The molecule has 7 heteroatoms. The zero-order chi connectivity index (χ0) is 17.5. The number of nitrogens with two attached hydrogens (primary N) is 1. The fraction of sp³-hybridized carbons (Fsp3) is 0.118. The summed E-state index contributed by atoms with van der Waals surface area (Å²) >= 11 is 0. The van der Waals surface area contributed by atoms with Crippen LogP contribution in [-0.4, -0.2) is 11.7 Å². The molecule has 0 fully saturated rings. The maximum Gasteiger partial charge on any atom is 0.431 e. The lowest BCUT2D eigenvalue weighted by molar-refractivity contribution is -0.142. The Hall–Kier alpha value is -2.96. The van der Waals surface area contributed by atoms with Crippen LogP contribution < -0.4 is 16.0 Å². The quantitative estimate of drug-likeness (QED) is 0.779. The van der Waals surface area contributed by atoms with E-state index in [-0.39, 0.29) is 17.1 Å². The van der Waals surface area contributed by atoms with Crippen LogP contribution in [0.1, 0.15) is 5.69 Å². The largest absolute Gasteiger partial charge is 0.495 e. The number of aromatic nitrogens is 1. The van der Waals surface area contributed by atoms with E-state index in [1.165, 1.54) is 13.2 Å². The summed E-state index contributed by atoms with van der Waals surface area (Å²) in [7, 11) is 1.33. The second kappa shape index (κ2) is 5.59. The van der Waals surface area contributed by atoms with Gasteiger partial charge in [-0.25, -0.2) is 0 Å². The van der Waals surface area contributed by atoms with E-state index < -0.39 is 17.4 Å². The van der Waals surface area contributed by atoms with Crippen molar-refractivity contribution in [1.29, 1.82) is 0 Å². The van der Waals surface area contributed by atoms with E-state index >= 15 is 0 Å². The maximum absolute atomic E-state index is 13.4. The monoisotopic (exact) mass is 334 g/mol. The number of methoxy groups -OCH3 is 1. The van der Waals surface area contributed by atoms with Crippen LogP contribution in [-0.2, 0) is 6.18 Å². The van der Waals surface area contributed by atoms with E-state index in [1.807, 2.05) is 0 Å². The lowest BCUT2D eigenvalue weighted by Gasteiger charge is -2.19. The first-order valence-corrected chi connectivity index (χ1v) is 6.99. The predicted octanol–water partition coefficient (Wildman–Crippen LogP) is 3.60. The Kier molecular flexibility index (Phi) is 3.71. The molecule has 0 aliphatic carbocycles. The molecule has 0 amide bonds. The van der Waals surface area contributed by atoms with Gasteiger partial charge in [0.25, 0.3) is 5.56 Å². The second-order valence-corrected chi connectivity index (χ2v) is 5.15. The van der Waals surface area contributed by atoms with Gasteiger partial charge in [0.05, 0.1) is 18.5 Å². The summed E-state index contributed by atoms with van der Waals surface area (Å²) < 4.78 is 46.1. The van der Waals surface area contributed by atoms with Crippen molar-refractivity contribution in [2.75, 3.05) is 12.8 Å². The smallest absolute Gasteiger partial charge is 0.431 e. The van der Waals surface area contributed by atoms with E-state index in [4.69, 9.17) is 10.5 Å². The number of rotatable bonds is 2. The van der Waals surface area contributed by atoms with Gasteiger partial charge in [0.15, 0.2) is 0 Å². The van der Waals surface area contributed by atoms with Gasteiger partial charge < -0.3 is 10.5 Å². The third-order valence-corrected chi connectivity index (χ3v) is 3.71. The van der Waals surface area contributed by atoms with Crippen molar-refractivity contribution >= 4 is 16.5 Å². The normalized spacial score (nSPS) is 11.7. The van der Waals surface area contributed by atoms with Gasteiger partial charge >= 0.3 is 6.18 Å². The summed E-state index contributed by atoms with van der Waals surface area (Å²) in [4.78, 5) is 12.4. The first kappa shape index (κ1) is 15.9. The minimum absolute atomic E-state index is 0.0141. The molecule has 3 rings (SSSR count). The van der Waals surface area contributed by atoms with Gasteiger partial charge in [-0.05, 0) is 23.6 Å². The standard InChI is InChI=1S/C17H13F3N2O2/c1-24-13-8-6-10-4-2-3-5-11(10)15(13)22-14(17(18,19)20)9-7-12(21)16(22)23/h2-9H,21H2,1H3. The van der Waals surface area contributed by atoms with E-state index in [9.17, 15) is 18.0 Å². The van der Waals surface area contributed by atoms with Crippen molar-refractivity contribution in [2.45, 2.75) is 6.18 Å². The van der Waals surface area contributed by atoms with Crippen LogP contribution in [0.15, 0.2) is 53.3 Å². The molecule has 2 N–H and O–H groups in total. The average molecular weight is 334 g/mol. The SMILES string of the molecule is COc1ccc2ccccc2c1-n1c(C(F)(F)F)ccc(N)c1=O. The third kappa shape index (κ3) is 2.47. The average Bonchev–Trinajstić information content (AvgIpc) is 2.55. The predicted molar refractivity (Wildman–Crippen MR) is 85.5 cm³/mol. The molecule has 1 aromatic heterocycles. The van der Waals surface area contributed by atoms with E-state index in [0.717, 1.165) is 12.1 Å². The van der Waals surface area contributed by atoms with Crippen LogP contribution in [0.25, 0.3) is 16.5 Å². The first-order chi connectivity index (χ1) is 11.3. The molecule has 0 aliphatic rings. The molecule has 24 heavy (non-hydrogen) atoms. The van der Waals surface area contributed by atoms with Crippen molar-refractivity contribution in [1.82, 2.24) is 4.57 Å². The molecular formula is C17H13F3N2O2. The number of halogens is 3. The number of nitrogen functional groups attached to an aromatic ring is 1.